The van der Waals surface area contributed by atoms with Crippen LogP contribution in [0.5, 0.6) is 5.75 Å². The number of ether oxygens (including phenoxy) is 2. The van der Waals surface area contributed by atoms with Gasteiger partial charge in [0.05, 0.1) is 0 Å². The van der Waals surface area contributed by atoms with Crippen LogP contribution in [0.3, 0.4) is 0 Å². The number of para-hydroxylation sites is 1. The van der Waals surface area contributed by atoms with E-state index in [4.69, 9.17) is 9.47 Å². The zero-order valence-corrected chi connectivity index (χ0v) is 16.4. The zero-order chi connectivity index (χ0) is 20.6. The van der Waals surface area contributed by atoms with Gasteiger partial charge >= 0.3 is 5.97 Å². The number of anilines is 2. The van der Waals surface area contributed by atoms with Gasteiger partial charge in [-0.15, -0.1) is 0 Å². The van der Waals surface area contributed by atoms with E-state index in [0.29, 0.717) is 11.3 Å². The van der Waals surface area contributed by atoms with Gasteiger partial charge in [0.15, 0.2) is 12.7 Å². The summed E-state index contributed by atoms with van der Waals surface area (Å²) in [5.74, 6) is -0.294. The molecule has 148 valence electrons. The largest absolute Gasteiger partial charge is 0.482 e. The Morgan fingerprint density at radius 1 is 0.862 bits per heavy atom. The SMILES string of the molecule is Cc1ccc(C(=O)[C@H](C)OC(=O)COc2ccc(Nc3ccccc3)cc2)cc1. The Balaban J connectivity index is 1.47. The van der Waals surface area contributed by atoms with Crippen molar-refractivity contribution in [3.05, 3.63) is 90.0 Å². The molecule has 0 radical (unpaired) electrons. The minimum Gasteiger partial charge on any atom is -0.482 e. The summed E-state index contributed by atoms with van der Waals surface area (Å²) in [6.07, 6.45) is -0.869. The number of esters is 1. The monoisotopic (exact) mass is 389 g/mol. The van der Waals surface area contributed by atoms with Crippen molar-refractivity contribution in [1.82, 2.24) is 0 Å². The van der Waals surface area contributed by atoms with Gasteiger partial charge < -0.3 is 14.8 Å². The Labute approximate surface area is 170 Å². The number of rotatable bonds is 8. The zero-order valence-electron chi connectivity index (χ0n) is 16.4. The molecule has 0 bridgehead atoms. The van der Waals surface area contributed by atoms with Gasteiger partial charge in [-0.2, -0.15) is 0 Å². The second kappa shape index (κ2) is 9.55. The van der Waals surface area contributed by atoms with Crippen molar-refractivity contribution in [1.29, 1.82) is 0 Å². The van der Waals surface area contributed by atoms with Crippen LogP contribution in [0.4, 0.5) is 11.4 Å². The number of hydrogen-bond donors (Lipinski definition) is 1. The van der Waals surface area contributed by atoms with Gasteiger partial charge in [-0.1, -0.05) is 48.0 Å². The summed E-state index contributed by atoms with van der Waals surface area (Å²) in [7, 11) is 0. The topological polar surface area (TPSA) is 64.6 Å². The number of carbonyl (C=O) groups excluding carboxylic acids is 2. The Morgan fingerprint density at radius 2 is 1.48 bits per heavy atom. The lowest BCUT2D eigenvalue weighted by atomic mass is 10.1. The van der Waals surface area contributed by atoms with E-state index in [0.717, 1.165) is 16.9 Å². The number of carbonyl (C=O) groups is 2. The van der Waals surface area contributed by atoms with Crippen LogP contribution in [-0.2, 0) is 9.53 Å². The predicted molar refractivity (Wildman–Crippen MR) is 113 cm³/mol. The third-order valence-electron chi connectivity index (χ3n) is 4.29. The van der Waals surface area contributed by atoms with Gasteiger partial charge in [0.1, 0.15) is 5.75 Å². The fourth-order valence-electron chi connectivity index (χ4n) is 2.70. The smallest absolute Gasteiger partial charge is 0.344 e. The molecule has 1 N–H and O–H groups in total. The third-order valence-corrected chi connectivity index (χ3v) is 4.29. The van der Waals surface area contributed by atoms with Gasteiger partial charge in [-0.25, -0.2) is 4.79 Å². The molecular weight excluding hydrogens is 366 g/mol. The third kappa shape index (κ3) is 5.94. The van der Waals surface area contributed by atoms with Gasteiger partial charge in [0.25, 0.3) is 0 Å². The average Bonchev–Trinajstić information content (AvgIpc) is 2.74. The second-order valence-corrected chi connectivity index (χ2v) is 6.67. The Hall–Kier alpha value is -3.60. The van der Waals surface area contributed by atoms with Crippen molar-refractivity contribution in [2.45, 2.75) is 20.0 Å². The Kier molecular flexibility index (Phi) is 6.63. The van der Waals surface area contributed by atoms with Crippen molar-refractivity contribution in [2.24, 2.45) is 0 Å². The molecule has 0 aliphatic heterocycles. The highest BCUT2D eigenvalue weighted by Crippen LogP contribution is 2.20. The number of Topliss-reactive ketones (excluding diaryl/α,β-unsaturated/α-hetero) is 1. The normalized spacial score (nSPS) is 11.4. The molecule has 0 aliphatic carbocycles. The highest BCUT2D eigenvalue weighted by atomic mass is 16.6. The first kappa shape index (κ1) is 20.1. The van der Waals surface area contributed by atoms with E-state index in [2.05, 4.69) is 5.32 Å². The van der Waals surface area contributed by atoms with E-state index in [9.17, 15) is 9.59 Å². The minimum atomic E-state index is -0.869. The van der Waals surface area contributed by atoms with Crippen molar-refractivity contribution < 1.29 is 19.1 Å². The van der Waals surface area contributed by atoms with Crippen LogP contribution >= 0.6 is 0 Å². The first-order chi connectivity index (χ1) is 14.0. The average molecular weight is 389 g/mol. The summed E-state index contributed by atoms with van der Waals surface area (Å²) >= 11 is 0. The molecule has 0 unspecified atom stereocenters. The molecule has 0 amide bonds. The van der Waals surface area contributed by atoms with Gasteiger partial charge in [0, 0.05) is 16.9 Å². The number of benzene rings is 3. The van der Waals surface area contributed by atoms with Crippen LogP contribution in [-0.4, -0.2) is 24.5 Å². The molecule has 0 saturated carbocycles. The fraction of sp³-hybridized carbons (Fsp3) is 0.167. The lowest BCUT2D eigenvalue weighted by Crippen LogP contribution is -2.27. The number of nitrogens with one attached hydrogen (secondary N) is 1. The van der Waals surface area contributed by atoms with Crippen molar-refractivity contribution in [2.75, 3.05) is 11.9 Å². The standard InChI is InChI=1S/C24H23NO4/c1-17-8-10-19(11-9-17)24(27)18(2)29-23(26)16-28-22-14-12-21(13-15-22)25-20-6-4-3-5-7-20/h3-15,18,25H,16H2,1-2H3/t18-/m0/s1. The van der Waals surface area contributed by atoms with Gasteiger partial charge in [-0.3, -0.25) is 4.79 Å². The van der Waals surface area contributed by atoms with E-state index < -0.39 is 12.1 Å². The molecule has 0 spiro atoms. The summed E-state index contributed by atoms with van der Waals surface area (Å²) in [6, 6.07) is 24.2. The second-order valence-electron chi connectivity index (χ2n) is 6.67. The molecule has 3 rings (SSSR count). The fourth-order valence-corrected chi connectivity index (χ4v) is 2.70. The van der Waals surface area contributed by atoms with Crippen molar-refractivity contribution in [3.63, 3.8) is 0 Å². The van der Waals surface area contributed by atoms with Crippen LogP contribution in [0, 0.1) is 6.92 Å². The summed E-state index contributed by atoms with van der Waals surface area (Å²) < 4.78 is 10.7. The van der Waals surface area contributed by atoms with Crippen LogP contribution in [0.2, 0.25) is 0 Å². The van der Waals surface area contributed by atoms with Gasteiger partial charge in [-0.05, 0) is 50.2 Å². The summed E-state index contributed by atoms with van der Waals surface area (Å²) in [5.41, 5.74) is 3.46. The number of aryl methyl sites for hydroxylation is 1. The number of hydrogen-bond acceptors (Lipinski definition) is 5. The first-order valence-electron chi connectivity index (χ1n) is 9.36. The quantitative estimate of drug-likeness (QED) is 0.437. The van der Waals surface area contributed by atoms with Crippen LogP contribution in [0.25, 0.3) is 0 Å². The van der Waals surface area contributed by atoms with E-state index >= 15 is 0 Å². The summed E-state index contributed by atoms with van der Waals surface area (Å²) in [4.78, 5) is 24.3. The minimum absolute atomic E-state index is 0.241. The maximum absolute atomic E-state index is 12.3. The molecule has 1 atom stereocenters. The molecule has 29 heavy (non-hydrogen) atoms. The number of ketones is 1. The van der Waals surface area contributed by atoms with E-state index in [1.807, 2.05) is 61.5 Å². The van der Waals surface area contributed by atoms with Crippen molar-refractivity contribution >= 4 is 23.1 Å². The molecular formula is C24H23NO4. The molecule has 0 aromatic heterocycles. The van der Waals surface area contributed by atoms with E-state index in [1.165, 1.54) is 0 Å². The highest BCUT2D eigenvalue weighted by molar-refractivity contribution is 6.00. The Morgan fingerprint density at radius 3 is 2.14 bits per heavy atom. The maximum Gasteiger partial charge on any atom is 0.344 e. The molecule has 5 heteroatoms. The van der Waals surface area contributed by atoms with Gasteiger partial charge in [0.2, 0.25) is 5.78 Å². The molecule has 3 aromatic carbocycles. The van der Waals surface area contributed by atoms with Crippen LogP contribution < -0.4 is 10.1 Å². The lowest BCUT2D eigenvalue weighted by Gasteiger charge is -2.13. The molecule has 0 aliphatic rings. The van der Waals surface area contributed by atoms with Crippen molar-refractivity contribution in [3.8, 4) is 5.75 Å². The molecule has 3 aromatic rings. The summed E-state index contributed by atoms with van der Waals surface area (Å²) in [5, 5.41) is 3.27. The van der Waals surface area contributed by atoms with E-state index in [-0.39, 0.29) is 12.4 Å². The first-order valence-corrected chi connectivity index (χ1v) is 9.36. The molecule has 5 nitrogen and oxygen atoms in total. The molecule has 0 fully saturated rings. The highest BCUT2D eigenvalue weighted by Gasteiger charge is 2.19. The lowest BCUT2D eigenvalue weighted by molar-refractivity contribution is -0.148. The Bertz CT molecular complexity index is 950. The van der Waals surface area contributed by atoms with Crippen LogP contribution in [0.15, 0.2) is 78.9 Å². The summed E-state index contributed by atoms with van der Waals surface area (Å²) in [6.45, 7) is 3.24. The molecule has 0 heterocycles. The van der Waals surface area contributed by atoms with Crippen LogP contribution in [0.1, 0.15) is 22.8 Å². The van der Waals surface area contributed by atoms with E-state index in [1.54, 1.807) is 31.2 Å². The predicted octanol–water partition coefficient (Wildman–Crippen LogP) is 4.93. The molecule has 0 saturated heterocycles. The maximum atomic E-state index is 12.3.